The van der Waals surface area contributed by atoms with Crippen LogP contribution < -0.4 is 16.1 Å². The molecule has 0 radical (unpaired) electrons. The van der Waals surface area contributed by atoms with Gasteiger partial charge >= 0.3 is 11.7 Å². The van der Waals surface area contributed by atoms with E-state index in [0.717, 1.165) is 21.2 Å². The molecule has 240 valence electrons. The van der Waals surface area contributed by atoms with Gasteiger partial charge in [-0.05, 0) is 65.6 Å². The number of carboxylic acids is 1. The molecule has 1 N–H and O–H groups in total. The molecule has 5 rings (SSSR count). The molecule has 2 aromatic heterocycles. The van der Waals surface area contributed by atoms with Crippen molar-refractivity contribution >= 4 is 33.8 Å². The van der Waals surface area contributed by atoms with E-state index in [2.05, 4.69) is 21.7 Å². The lowest BCUT2D eigenvalue weighted by atomic mass is 9.87. The molecule has 0 aliphatic carbocycles. The van der Waals surface area contributed by atoms with Crippen molar-refractivity contribution in [3.8, 4) is 11.8 Å². The van der Waals surface area contributed by atoms with Gasteiger partial charge in [0.2, 0.25) is 0 Å². The third-order valence-electron chi connectivity index (χ3n) is 7.99. The van der Waals surface area contributed by atoms with Gasteiger partial charge in [0.1, 0.15) is 6.04 Å². The zero-order valence-electron chi connectivity index (χ0n) is 26.0. The van der Waals surface area contributed by atoms with Crippen molar-refractivity contribution in [1.29, 1.82) is 0 Å². The number of pyridine rings is 1. The third-order valence-corrected chi connectivity index (χ3v) is 8.73. The predicted molar refractivity (Wildman–Crippen MR) is 175 cm³/mol. The van der Waals surface area contributed by atoms with Gasteiger partial charge < -0.3 is 14.6 Å². The van der Waals surface area contributed by atoms with Gasteiger partial charge in [0.05, 0.1) is 17.4 Å². The molecule has 12 nitrogen and oxygen atoms in total. The number of hydrogen-bond acceptors (Lipinski definition) is 8. The van der Waals surface area contributed by atoms with E-state index in [9.17, 15) is 28.3 Å². The Hall–Kier alpha value is -4.61. The molecule has 2 unspecified atom stereocenters. The van der Waals surface area contributed by atoms with E-state index in [1.165, 1.54) is 9.13 Å². The van der Waals surface area contributed by atoms with E-state index in [4.69, 9.17) is 0 Å². The first-order chi connectivity index (χ1) is 21.8. The van der Waals surface area contributed by atoms with Crippen molar-refractivity contribution in [2.24, 2.45) is 12.5 Å². The minimum Gasteiger partial charge on any atom is -0.759 e. The average molecular weight is 644 g/mol. The molecule has 2 atom stereocenters. The summed E-state index contributed by atoms with van der Waals surface area (Å²) in [4.78, 5) is 44.3. The van der Waals surface area contributed by atoms with Gasteiger partial charge in [0.15, 0.2) is 0 Å². The van der Waals surface area contributed by atoms with Crippen molar-refractivity contribution in [3.05, 3.63) is 105 Å². The molecule has 3 heterocycles. The number of hydrazine groups is 1. The van der Waals surface area contributed by atoms with Crippen LogP contribution in [0.25, 0.3) is 10.9 Å². The second kappa shape index (κ2) is 13.4. The maximum absolute atomic E-state index is 13.3. The number of carbonyl (C=O) groups is 1. The smallest absolute Gasteiger partial charge is 0.331 e. The summed E-state index contributed by atoms with van der Waals surface area (Å²) in [5, 5.41) is 11.8. The van der Waals surface area contributed by atoms with Crippen molar-refractivity contribution in [2.45, 2.75) is 33.4 Å². The van der Waals surface area contributed by atoms with E-state index in [0.29, 0.717) is 42.6 Å². The number of hydrogen-bond donors (Lipinski definition) is 1. The van der Waals surface area contributed by atoms with Crippen molar-refractivity contribution in [2.75, 3.05) is 31.1 Å². The fraction of sp³-hybridized carbons (Fsp3) is 0.333. The first-order valence-electron chi connectivity index (χ1n) is 14.7. The minimum atomic E-state index is -2.74. The molecule has 13 heteroatoms. The number of carboxylic acid groups (broad SMARTS) is 1. The lowest BCUT2D eigenvalue weighted by molar-refractivity contribution is -0.152. The molecular weight excluding hydrogens is 608 g/mol. The van der Waals surface area contributed by atoms with E-state index in [1.54, 1.807) is 75.6 Å². The number of rotatable bonds is 7. The van der Waals surface area contributed by atoms with Crippen molar-refractivity contribution in [3.63, 3.8) is 0 Å². The Morgan fingerprint density at radius 2 is 1.61 bits per heavy atom. The molecule has 1 aliphatic rings. The molecule has 2 aromatic carbocycles. The molecule has 1 saturated heterocycles. The summed E-state index contributed by atoms with van der Waals surface area (Å²) >= 11 is -2.74. The lowest BCUT2D eigenvalue weighted by Gasteiger charge is -2.47. The Bertz CT molecular complexity index is 1950. The Morgan fingerprint density at radius 3 is 2.20 bits per heavy atom. The van der Waals surface area contributed by atoms with Crippen molar-refractivity contribution in [1.82, 2.24) is 23.5 Å². The van der Waals surface area contributed by atoms with Gasteiger partial charge in [-0.25, -0.2) is 9.80 Å². The first kappa shape index (κ1) is 32.8. The zero-order valence-corrected chi connectivity index (χ0v) is 26.9. The van der Waals surface area contributed by atoms with Crippen LogP contribution in [0.15, 0.2) is 76.6 Å². The number of aromatic nitrogens is 3. The molecule has 0 amide bonds. The summed E-state index contributed by atoms with van der Waals surface area (Å²) in [5.74, 6) is 5.06. The normalized spacial score (nSPS) is 15.4. The first-order valence-corrected chi connectivity index (χ1v) is 15.7. The number of aliphatic carboxylic acids is 1. The van der Waals surface area contributed by atoms with Crippen LogP contribution in [0.3, 0.4) is 0 Å². The van der Waals surface area contributed by atoms with E-state index < -0.39 is 34.4 Å². The summed E-state index contributed by atoms with van der Waals surface area (Å²) in [6.45, 7) is 6.95. The Kier molecular flexibility index (Phi) is 9.55. The van der Waals surface area contributed by atoms with Gasteiger partial charge in [0, 0.05) is 73.7 Å². The van der Waals surface area contributed by atoms with Crippen molar-refractivity contribution < 1.29 is 18.7 Å². The van der Waals surface area contributed by atoms with Crippen LogP contribution in [0, 0.1) is 17.3 Å². The van der Waals surface area contributed by atoms with Crippen LogP contribution in [0.4, 0.5) is 5.69 Å². The van der Waals surface area contributed by atoms with Crippen LogP contribution in [0.1, 0.15) is 37.5 Å². The molecule has 0 spiro atoms. The van der Waals surface area contributed by atoms with Gasteiger partial charge in [-0.3, -0.25) is 27.9 Å². The summed E-state index contributed by atoms with van der Waals surface area (Å²) in [7, 11) is 1.64. The largest absolute Gasteiger partial charge is 0.759 e. The van der Waals surface area contributed by atoms with Crippen LogP contribution >= 0.6 is 0 Å². The quantitative estimate of drug-likeness (QED) is 0.237. The van der Waals surface area contributed by atoms with Gasteiger partial charge in [-0.2, -0.15) is 4.41 Å². The Labute approximate surface area is 268 Å². The molecule has 0 bridgehead atoms. The fourth-order valence-electron chi connectivity index (χ4n) is 5.60. The van der Waals surface area contributed by atoms with E-state index >= 15 is 0 Å². The highest BCUT2D eigenvalue weighted by Gasteiger charge is 2.41. The zero-order chi connectivity index (χ0) is 33.2. The second-order valence-corrected chi connectivity index (χ2v) is 13.0. The van der Waals surface area contributed by atoms with Gasteiger partial charge in [-0.1, -0.05) is 32.6 Å². The van der Waals surface area contributed by atoms with Crippen LogP contribution in [-0.2, 0) is 29.7 Å². The molecule has 4 aromatic rings. The summed E-state index contributed by atoms with van der Waals surface area (Å²) < 4.78 is 27.8. The standard InChI is InChI=1S/C33H36N6O6S/c1-33(2,3)29(31(41)42)39(46(44)45)37-19-17-36(18-20-37)26-10-7-23(8-11-26)5-6-24-9-12-28-27(21-24)30(40)38(32(43)35(28)4)22-25-13-15-34-16-14-25/h7-16,21,29H,17-20,22H2,1-4H3,(H,41,42)(H,44,45)/p-1. The molecular formula is C33H35N6O6S-. The Balaban J connectivity index is 1.30. The van der Waals surface area contributed by atoms with E-state index in [1.807, 2.05) is 24.3 Å². The number of piperazine rings is 1. The number of nitrogens with zero attached hydrogens (tertiary/aromatic N) is 6. The molecule has 46 heavy (non-hydrogen) atoms. The SMILES string of the molecule is Cn1c(=O)n(Cc2ccncc2)c(=O)c2cc(C#Cc3ccc(N4CCN(N(C(C(=O)O)C(C)(C)C)S(=O)[O-])CC4)cc3)ccc21. The topological polar surface area (TPSA) is 144 Å². The highest BCUT2D eigenvalue weighted by Crippen LogP contribution is 2.28. The average Bonchev–Trinajstić information content (AvgIpc) is 3.03. The number of fused-ring (bicyclic) bond motifs is 1. The number of aryl methyl sites for hydroxylation is 1. The highest BCUT2D eigenvalue weighted by molar-refractivity contribution is 7.76. The predicted octanol–water partition coefficient (Wildman–Crippen LogP) is 2.18. The fourth-order valence-corrected chi connectivity index (χ4v) is 6.53. The second-order valence-electron chi connectivity index (χ2n) is 12.2. The van der Waals surface area contributed by atoms with Crippen LogP contribution in [0.5, 0.6) is 0 Å². The molecule has 0 saturated carbocycles. The summed E-state index contributed by atoms with van der Waals surface area (Å²) in [6, 6.07) is 15.2. The Morgan fingerprint density at radius 1 is 1.00 bits per heavy atom. The lowest BCUT2D eigenvalue weighted by Crippen LogP contribution is -2.61. The number of benzene rings is 2. The summed E-state index contributed by atoms with van der Waals surface area (Å²) in [5.41, 5.74) is 2.07. The van der Waals surface area contributed by atoms with Crippen LogP contribution in [0.2, 0.25) is 0 Å². The van der Waals surface area contributed by atoms with Crippen LogP contribution in [-0.4, -0.2) is 75.6 Å². The van der Waals surface area contributed by atoms with Gasteiger partial charge in [0.25, 0.3) is 5.56 Å². The third kappa shape index (κ3) is 6.95. The highest BCUT2D eigenvalue weighted by atomic mass is 32.2. The minimum absolute atomic E-state index is 0.136. The van der Waals surface area contributed by atoms with E-state index in [-0.39, 0.29) is 12.1 Å². The molecule has 1 fully saturated rings. The maximum atomic E-state index is 13.3. The maximum Gasteiger partial charge on any atom is 0.331 e. The number of anilines is 1. The van der Waals surface area contributed by atoms with Gasteiger partial charge in [-0.15, -0.1) is 0 Å². The summed E-state index contributed by atoms with van der Waals surface area (Å²) in [6.07, 6.45) is 3.24. The molecule has 1 aliphatic heterocycles. The monoisotopic (exact) mass is 643 g/mol.